The molecule has 13 heteroatoms. The summed E-state index contributed by atoms with van der Waals surface area (Å²) in [4.78, 5) is 31.3. The van der Waals surface area contributed by atoms with E-state index in [2.05, 4.69) is 30.0 Å². The molecule has 0 unspecified atom stereocenters. The minimum atomic E-state index is -0.971. The summed E-state index contributed by atoms with van der Waals surface area (Å²) in [5.74, 6) is 2.07. The Balaban J connectivity index is 1.28. The summed E-state index contributed by atoms with van der Waals surface area (Å²) in [5.41, 5.74) is 2.53. The summed E-state index contributed by atoms with van der Waals surface area (Å²) >= 11 is 12.6. The number of benzene rings is 1. The van der Waals surface area contributed by atoms with Crippen molar-refractivity contribution in [2.75, 3.05) is 63.9 Å². The number of hydrogen-bond donors (Lipinski definition) is 3. The normalized spacial score (nSPS) is 16.8. The highest BCUT2D eigenvalue weighted by atomic mass is 35.5. The summed E-state index contributed by atoms with van der Waals surface area (Å²) in [5, 5.41) is 21.5. The Labute approximate surface area is 261 Å². The number of β-amino-alcohol motifs (C(OH)–C–C–N with tert-alkyl or cyclic N) is 1. The topological polar surface area (TPSA) is 127 Å². The van der Waals surface area contributed by atoms with Crippen molar-refractivity contribution in [1.29, 1.82) is 0 Å². The number of carbonyl (C=O) groups is 1. The Hall–Kier alpha value is -3.22. The summed E-state index contributed by atoms with van der Waals surface area (Å²) < 4.78 is 6.17. The molecule has 2 aliphatic rings. The number of likely N-dealkylation sites (tertiary alicyclic amines) is 1. The van der Waals surface area contributed by atoms with E-state index in [1.165, 1.54) is 0 Å². The number of aliphatic hydroxyl groups excluding tert-OH is 1. The first-order valence-corrected chi connectivity index (χ1v) is 15.3. The fourth-order valence-corrected chi connectivity index (χ4v) is 6.11. The average Bonchev–Trinajstić information content (AvgIpc) is 2.98. The molecule has 3 N–H and O–H groups in total. The van der Waals surface area contributed by atoms with E-state index >= 15 is 0 Å². The number of nitrogens with zero attached hydrogens (tertiary/aromatic N) is 6. The van der Waals surface area contributed by atoms with Gasteiger partial charge in [0.25, 0.3) is 0 Å². The molecule has 0 bridgehead atoms. The van der Waals surface area contributed by atoms with Crippen molar-refractivity contribution in [1.82, 2.24) is 30.1 Å². The Morgan fingerprint density at radius 2 is 1.65 bits per heavy atom. The zero-order chi connectivity index (χ0) is 30.2. The maximum atomic E-state index is 10.7. The van der Waals surface area contributed by atoms with Crippen molar-refractivity contribution in [2.45, 2.75) is 25.8 Å². The number of ether oxygens (including phenoxy) is 1. The fraction of sp³-hybridized carbons (Fsp3) is 0.467. The van der Waals surface area contributed by atoms with Gasteiger partial charge in [0, 0.05) is 67.5 Å². The van der Waals surface area contributed by atoms with Crippen LogP contribution in [0.25, 0.3) is 11.3 Å². The summed E-state index contributed by atoms with van der Waals surface area (Å²) in [7, 11) is 0. The molecule has 0 saturated carbocycles. The first-order valence-electron chi connectivity index (χ1n) is 14.6. The molecule has 0 aliphatic carbocycles. The van der Waals surface area contributed by atoms with Crippen molar-refractivity contribution in [3.8, 4) is 22.9 Å². The summed E-state index contributed by atoms with van der Waals surface area (Å²) in [6, 6.07) is 9.33. The molecule has 2 aromatic heterocycles. The quantitative estimate of drug-likeness (QED) is 0.276. The zero-order valence-electron chi connectivity index (χ0n) is 24.0. The standard InChI is InChI=1S/C30H37Cl2N7O4/c31-24-15-23(16-25(32)17-24)27-13-22(20-38-5-2-21(3-6-38)1-4-33-30(41)42)14-28(36-27)43-26-18-34-29(35-19-26)39-9-7-37(8-10-39)11-12-40/h13-19,21,33,40H,1-12,20H2,(H,41,42). The Bertz CT molecular complexity index is 1340. The number of nitrogens with one attached hydrogen (secondary N) is 1. The van der Waals surface area contributed by atoms with Gasteiger partial charge in [0.2, 0.25) is 11.8 Å². The SMILES string of the molecule is O=C(O)NCCC1CCN(Cc2cc(Oc3cnc(N4CCN(CCO)CC4)nc3)nc(-c3cc(Cl)cc(Cl)c3)c2)CC1. The van der Waals surface area contributed by atoms with E-state index in [9.17, 15) is 9.90 Å². The molecule has 11 nitrogen and oxygen atoms in total. The van der Waals surface area contributed by atoms with E-state index in [0.717, 1.165) is 76.2 Å². The molecule has 2 fully saturated rings. The van der Waals surface area contributed by atoms with Crippen LogP contribution in [0.3, 0.4) is 0 Å². The highest BCUT2D eigenvalue weighted by molar-refractivity contribution is 6.35. The molecule has 0 radical (unpaired) electrons. The van der Waals surface area contributed by atoms with Crippen LogP contribution < -0.4 is 15.0 Å². The van der Waals surface area contributed by atoms with Gasteiger partial charge in [-0.15, -0.1) is 0 Å². The average molecular weight is 631 g/mol. The van der Waals surface area contributed by atoms with Crippen molar-refractivity contribution in [2.24, 2.45) is 5.92 Å². The van der Waals surface area contributed by atoms with E-state index in [4.69, 9.17) is 38.0 Å². The minimum absolute atomic E-state index is 0.163. The second kappa shape index (κ2) is 15.0. The third-order valence-corrected chi connectivity index (χ3v) is 8.31. The Morgan fingerprint density at radius 1 is 0.953 bits per heavy atom. The molecule has 43 heavy (non-hydrogen) atoms. The molecule has 0 spiro atoms. The van der Waals surface area contributed by atoms with Crippen LogP contribution in [0.2, 0.25) is 10.0 Å². The highest BCUT2D eigenvalue weighted by Gasteiger charge is 2.21. The number of hydrogen-bond acceptors (Lipinski definition) is 9. The molecule has 1 amide bonds. The number of amides is 1. The van der Waals surface area contributed by atoms with Crippen molar-refractivity contribution < 1.29 is 19.7 Å². The van der Waals surface area contributed by atoms with Crippen LogP contribution in [-0.2, 0) is 6.54 Å². The number of piperazine rings is 1. The van der Waals surface area contributed by atoms with E-state index in [1.807, 2.05) is 24.3 Å². The lowest BCUT2D eigenvalue weighted by molar-refractivity contribution is 0.168. The monoisotopic (exact) mass is 629 g/mol. The summed E-state index contributed by atoms with van der Waals surface area (Å²) in [6.07, 6.45) is 5.25. The van der Waals surface area contributed by atoms with Crippen LogP contribution in [-0.4, -0.2) is 100 Å². The predicted octanol–water partition coefficient (Wildman–Crippen LogP) is 4.62. The molecule has 1 aromatic carbocycles. The second-order valence-electron chi connectivity index (χ2n) is 11.0. The number of carboxylic acid groups (broad SMARTS) is 1. The molecule has 5 rings (SSSR count). The first-order chi connectivity index (χ1) is 20.8. The summed E-state index contributed by atoms with van der Waals surface area (Å²) in [6.45, 7) is 7.22. The second-order valence-corrected chi connectivity index (χ2v) is 11.8. The molecule has 4 heterocycles. The smallest absolute Gasteiger partial charge is 0.404 e. The van der Waals surface area contributed by atoms with Gasteiger partial charge in [0.05, 0.1) is 24.7 Å². The number of piperidine rings is 1. The zero-order valence-corrected chi connectivity index (χ0v) is 25.5. The molecular formula is C30H37Cl2N7O4. The van der Waals surface area contributed by atoms with E-state index < -0.39 is 6.09 Å². The number of aromatic nitrogens is 3. The van der Waals surface area contributed by atoms with Crippen molar-refractivity contribution >= 4 is 35.2 Å². The van der Waals surface area contributed by atoms with Crippen LogP contribution in [0.4, 0.5) is 10.7 Å². The van der Waals surface area contributed by atoms with Gasteiger partial charge in [-0.3, -0.25) is 9.80 Å². The fourth-order valence-electron chi connectivity index (χ4n) is 5.59. The van der Waals surface area contributed by atoms with E-state index in [0.29, 0.717) is 52.3 Å². The van der Waals surface area contributed by atoms with E-state index in [1.54, 1.807) is 18.5 Å². The van der Waals surface area contributed by atoms with Crippen LogP contribution in [0.1, 0.15) is 24.8 Å². The number of aliphatic hydroxyl groups is 1. The van der Waals surface area contributed by atoms with Crippen LogP contribution in [0, 0.1) is 5.92 Å². The van der Waals surface area contributed by atoms with Crippen molar-refractivity contribution in [3.63, 3.8) is 0 Å². The van der Waals surface area contributed by atoms with Crippen LogP contribution in [0.5, 0.6) is 11.6 Å². The molecular weight excluding hydrogens is 593 g/mol. The lowest BCUT2D eigenvalue weighted by Gasteiger charge is -2.34. The van der Waals surface area contributed by atoms with Gasteiger partial charge in [0.15, 0.2) is 5.75 Å². The number of anilines is 1. The van der Waals surface area contributed by atoms with Gasteiger partial charge < -0.3 is 25.2 Å². The van der Waals surface area contributed by atoms with Gasteiger partial charge in [-0.05, 0) is 68.1 Å². The molecule has 2 saturated heterocycles. The predicted molar refractivity (Wildman–Crippen MR) is 166 cm³/mol. The number of rotatable bonds is 11. The largest absolute Gasteiger partial charge is 0.465 e. The van der Waals surface area contributed by atoms with Gasteiger partial charge in [0.1, 0.15) is 0 Å². The number of pyridine rings is 1. The van der Waals surface area contributed by atoms with Crippen LogP contribution >= 0.6 is 23.2 Å². The maximum Gasteiger partial charge on any atom is 0.404 e. The van der Waals surface area contributed by atoms with Gasteiger partial charge in [-0.25, -0.2) is 19.7 Å². The van der Waals surface area contributed by atoms with Crippen LogP contribution in [0.15, 0.2) is 42.7 Å². The first kappa shape index (κ1) is 31.2. The van der Waals surface area contributed by atoms with Gasteiger partial charge >= 0.3 is 6.09 Å². The Morgan fingerprint density at radius 3 is 2.30 bits per heavy atom. The van der Waals surface area contributed by atoms with Gasteiger partial charge in [-0.2, -0.15) is 0 Å². The molecule has 3 aromatic rings. The third kappa shape index (κ3) is 9.14. The van der Waals surface area contributed by atoms with Gasteiger partial charge in [-0.1, -0.05) is 23.2 Å². The molecule has 230 valence electrons. The lowest BCUT2D eigenvalue weighted by atomic mass is 9.93. The van der Waals surface area contributed by atoms with E-state index in [-0.39, 0.29) is 6.61 Å². The minimum Gasteiger partial charge on any atom is -0.465 e. The lowest BCUT2D eigenvalue weighted by Crippen LogP contribution is -2.47. The third-order valence-electron chi connectivity index (χ3n) is 7.87. The maximum absolute atomic E-state index is 10.7. The molecule has 0 atom stereocenters. The van der Waals surface area contributed by atoms with Crippen molar-refractivity contribution in [3.05, 3.63) is 58.3 Å². The number of halogens is 2. The highest BCUT2D eigenvalue weighted by Crippen LogP contribution is 2.31. The Kier molecular flexibility index (Phi) is 10.9. The molecule has 2 aliphatic heterocycles.